The minimum absolute atomic E-state index is 0.0559. The maximum absolute atomic E-state index is 12.5. The molecule has 1 aliphatic heterocycles. The molecular formula is C11H18N2O4S3. The summed E-state index contributed by atoms with van der Waals surface area (Å²) >= 11 is 1.19. The Bertz CT molecular complexity index is 678. The third kappa shape index (κ3) is 3.22. The van der Waals surface area contributed by atoms with Gasteiger partial charge in [0.2, 0.25) is 0 Å². The Morgan fingerprint density at radius 2 is 2.15 bits per heavy atom. The van der Waals surface area contributed by atoms with Crippen molar-refractivity contribution in [3.8, 4) is 0 Å². The van der Waals surface area contributed by atoms with Gasteiger partial charge in [0.1, 0.15) is 4.21 Å². The molecule has 114 valence electrons. The molecule has 6 nitrogen and oxygen atoms in total. The highest BCUT2D eigenvalue weighted by molar-refractivity contribution is 7.92. The number of thiophene rings is 1. The van der Waals surface area contributed by atoms with Crippen molar-refractivity contribution in [1.82, 2.24) is 4.31 Å². The predicted octanol–water partition coefficient (Wildman–Crippen LogP) is 0.0569. The first-order chi connectivity index (χ1) is 9.26. The first-order valence-corrected chi connectivity index (χ1v) is 10.3. The van der Waals surface area contributed by atoms with Crippen LogP contribution in [0, 0.1) is 0 Å². The van der Waals surface area contributed by atoms with E-state index in [0.29, 0.717) is 19.4 Å². The van der Waals surface area contributed by atoms with E-state index in [0.717, 1.165) is 4.88 Å². The van der Waals surface area contributed by atoms with E-state index in [-0.39, 0.29) is 15.7 Å². The van der Waals surface area contributed by atoms with Crippen LogP contribution in [-0.4, -0.2) is 52.3 Å². The molecule has 1 aliphatic rings. The van der Waals surface area contributed by atoms with Crippen molar-refractivity contribution in [3.63, 3.8) is 0 Å². The lowest BCUT2D eigenvalue weighted by molar-refractivity contribution is 0.395. The molecule has 0 aromatic carbocycles. The molecule has 9 heteroatoms. The van der Waals surface area contributed by atoms with Crippen LogP contribution in [0.4, 0.5) is 0 Å². The molecule has 0 aliphatic carbocycles. The summed E-state index contributed by atoms with van der Waals surface area (Å²) in [6.45, 7) is 0.469. The normalized spacial score (nSPS) is 22.4. The largest absolute Gasteiger partial charge is 0.330 e. The monoisotopic (exact) mass is 338 g/mol. The van der Waals surface area contributed by atoms with Crippen molar-refractivity contribution in [3.05, 3.63) is 17.0 Å². The zero-order valence-corrected chi connectivity index (χ0v) is 13.6. The first kappa shape index (κ1) is 15.9. The Kier molecular flexibility index (Phi) is 4.55. The van der Waals surface area contributed by atoms with Crippen LogP contribution in [-0.2, 0) is 26.3 Å². The van der Waals surface area contributed by atoms with Gasteiger partial charge in [0, 0.05) is 18.0 Å². The van der Waals surface area contributed by atoms with Crippen LogP contribution < -0.4 is 5.73 Å². The van der Waals surface area contributed by atoms with Gasteiger partial charge in [-0.1, -0.05) is 0 Å². The second-order valence-electron chi connectivity index (χ2n) is 4.84. The van der Waals surface area contributed by atoms with Crippen molar-refractivity contribution in [2.75, 3.05) is 25.1 Å². The van der Waals surface area contributed by atoms with Gasteiger partial charge in [0.15, 0.2) is 9.84 Å². The molecule has 2 heterocycles. The number of rotatable bonds is 5. The Morgan fingerprint density at radius 1 is 1.45 bits per heavy atom. The van der Waals surface area contributed by atoms with E-state index in [4.69, 9.17) is 5.73 Å². The van der Waals surface area contributed by atoms with E-state index < -0.39 is 25.9 Å². The minimum atomic E-state index is -3.62. The average molecular weight is 338 g/mol. The van der Waals surface area contributed by atoms with Crippen LogP contribution in [0.3, 0.4) is 0 Å². The van der Waals surface area contributed by atoms with Crippen molar-refractivity contribution < 1.29 is 16.8 Å². The summed E-state index contributed by atoms with van der Waals surface area (Å²) in [5, 5.41) is 0. The quantitative estimate of drug-likeness (QED) is 0.818. The van der Waals surface area contributed by atoms with Gasteiger partial charge in [0.25, 0.3) is 10.0 Å². The summed E-state index contributed by atoms with van der Waals surface area (Å²) in [5.74, 6) is -0.0375. The summed E-state index contributed by atoms with van der Waals surface area (Å²) in [7, 11) is -5.28. The van der Waals surface area contributed by atoms with Gasteiger partial charge < -0.3 is 5.73 Å². The maximum atomic E-state index is 12.5. The molecule has 0 amide bonds. The van der Waals surface area contributed by atoms with Crippen LogP contribution in [0.2, 0.25) is 0 Å². The van der Waals surface area contributed by atoms with Gasteiger partial charge >= 0.3 is 0 Å². The van der Waals surface area contributed by atoms with Gasteiger partial charge in [-0.2, -0.15) is 4.31 Å². The molecule has 0 saturated carbocycles. The lowest BCUT2D eigenvalue weighted by Gasteiger charge is -2.21. The molecule has 0 radical (unpaired) electrons. The van der Waals surface area contributed by atoms with E-state index >= 15 is 0 Å². The number of hydrogen-bond acceptors (Lipinski definition) is 6. The Morgan fingerprint density at radius 3 is 2.70 bits per heavy atom. The molecule has 1 aromatic heterocycles. The number of hydrogen-bond donors (Lipinski definition) is 1. The van der Waals surface area contributed by atoms with E-state index in [1.165, 1.54) is 22.7 Å². The summed E-state index contributed by atoms with van der Waals surface area (Å²) < 4.78 is 49.3. The third-order valence-electron chi connectivity index (χ3n) is 3.38. The molecule has 2 N–H and O–H groups in total. The Balaban J connectivity index is 2.21. The number of nitrogens with two attached hydrogens (primary N) is 1. The zero-order valence-electron chi connectivity index (χ0n) is 11.1. The molecule has 2 rings (SSSR count). The van der Waals surface area contributed by atoms with Gasteiger partial charge in [-0.15, -0.1) is 11.3 Å². The lowest BCUT2D eigenvalue weighted by Crippen LogP contribution is -2.37. The molecular weight excluding hydrogens is 320 g/mol. The SMILES string of the molecule is CN(C1CCS(=O)(=O)C1)S(=O)(=O)c1ccc(CCN)s1. The van der Waals surface area contributed by atoms with Crippen LogP contribution in [0.25, 0.3) is 0 Å². The highest BCUT2D eigenvalue weighted by Gasteiger charge is 2.36. The summed E-state index contributed by atoms with van der Waals surface area (Å²) in [6, 6.07) is 2.85. The van der Waals surface area contributed by atoms with Crippen molar-refractivity contribution in [2.24, 2.45) is 5.73 Å². The van der Waals surface area contributed by atoms with E-state index in [2.05, 4.69) is 0 Å². The molecule has 0 spiro atoms. The highest BCUT2D eigenvalue weighted by Crippen LogP contribution is 2.28. The third-order valence-corrected chi connectivity index (χ3v) is 8.66. The van der Waals surface area contributed by atoms with Gasteiger partial charge in [-0.05, 0) is 31.5 Å². The topological polar surface area (TPSA) is 97.5 Å². The highest BCUT2D eigenvalue weighted by atomic mass is 32.2. The molecule has 1 saturated heterocycles. The fourth-order valence-corrected chi connectivity index (χ4v) is 6.98. The van der Waals surface area contributed by atoms with Crippen LogP contribution in [0.1, 0.15) is 11.3 Å². The molecule has 1 unspecified atom stereocenters. The van der Waals surface area contributed by atoms with E-state index in [1.54, 1.807) is 12.1 Å². The Labute approximate surface area is 123 Å². The second kappa shape index (κ2) is 5.72. The van der Waals surface area contributed by atoms with Crippen molar-refractivity contribution >= 4 is 31.2 Å². The first-order valence-electron chi connectivity index (χ1n) is 6.23. The van der Waals surface area contributed by atoms with Crippen LogP contribution in [0.5, 0.6) is 0 Å². The van der Waals surface area contributed by atoms with Gasteiger partial charge in [-0.25, -0.2) is 16.8 Å². The standard InChI is InChI=1S/C11H18N2O4S3/c1-13(9-5-7-19(14,15)8-9)20(16,17)11-3-2-10(18-11)4-6-12/h2-3,9H,4-8,12H2,1H3. The maximum Gasteiger partial charge on any atom is 0.252 e. The number of sulfonamides is 1. The number of sulfone groups is 1. The minimum Gasteiger partial charge on any atom is -0.330 e. The van der Waals surface area contributed by atoms with E-state index in [1.807, 2.05) is 0 Å². The van der Waals surface area contributed by atoms with Gasteiger partial charge in [0.05, 0.1) is 11.5 Å². The van der Waals surface area contributed by atoms with Crippen molar-refractivity contribution in [1.29, 1.82) is 0 Å². The average Bonchev–Trinajstić information content (AvgIpc) is 2.95. The fourth-order valence-electron chi connectivity index (χ4n) is 2.17. The smallest absolute Gasteiger partial charge is 0.252 e. The molecule has 1 atom stereocenters. The molecule has 0 bridgehead atoms. The zero-order chi connectivity index (χ0) is 15.0. The Hall–Kier alpha value is -0.480. The molecule has 1 fully saturated rings. The summed E-state index contributed by atoms with van der Waals surface area (Å²) in [4.78, 5) is 0.915. The van der Waals surface area contributed by atoms with Gasteiger partial charge in [-0.3, -0.25) is 0 Å². The summed E-state index contributed by atoms with van der Waals surface area (Å²) in [6.07, 6.45) is 1.00. The predicted molar refractivity (Wildman–Crippen MR) is 79.1 cm³/mol. The number of nitrogens with zero attached hydrogens (tertiary/aromatic N) is 1. The second-order valence-corrected chi connectivity index (χ2v) is 10.5. The summed E-state index contributed by atoms with van der Waals surface area (Å²) in [5.41, 5.74) is 5.45. The molecule has 20 heavy (non-hydrogen) atoms. The van der Waals surface area contributed by atoms with Crippen LogP contribution in [0.15, 0.2) is 16.3 Å². The van der Waals surface area contributed by atoms with Crippen molar-refractivity contribution in [2.45, 2.75) is 23.1 Å². The van der Waals surface area contributed by atoms with E-state index in [9.17, 15) is 16.8 Å². The fraction of sp³-hybridized carbons (Fsp3) is 0.636. The van der Waals surface area contributed by atoms with Crippen LogP contribution >= 0.6 is 11.3 Å². The molecule has 1 aromatic rings. The lowest BCUT2D eigenvalue weighted by atomic mass is 10.3.